The number of hydrogen-bond acceptors (Lipinski definition) is 5. The summed E-state index contributed by atoms with van der Waals surface area (Å²) < 4.78 is 23.5. The van der Waals surface area contributed by atoms with E-state index in [2.05, 4.69) is 20.9 Å². The summed E-state index contributed by atoms with van der Waals surface area (Å²) in [5.74, 6) is 0.567. The van der Waals surface area contributed by atoms with E-state index < -0.39 is 10.7 Å². The van der Waals surface area contributed by atoms with Crippen LogP contribution in [0.3, 0.4) is 0 Å². The lowest BCUT2D eigenvalue weighted by molar-refractivity contribution is 0.614. The predicted molar refractivity (Wildman–Crippen MR) is 91.2 cm³/mol. The summed E-state index contributed by atoms with van der Waals surface area (Å²) >= 11 is 5.09. The Morgan fingerprint density at radius 2 is 1.95 bits per heavy atom. The van der Waals surface area contributed by atoms with Crippen LogP contribution in [0.15, 0.2) is 40.3 Å². The van der Waals surface area contributed by atoms with E-state index >= 15 is 0 Å². The standard InChI is InChI=1S/C14H11BrN2O2S2/c15-11-6-20-13-10(5-17-14(16)12(11)13)9-3-1-8(2-4-9)7-21(18)19/h1-6,21H,7H2,(H2,16,17). The summed E-state index contributed by atoms with van der Waals surface area (Å²) in [6.07, 6.45) is 1.75. The van der Waals surface area contributed by atoms with Gasteiger partial charge in [0.1, 0.15) is 16.5 Å². The maximum atomic E-state index is 10.7. The van der Waals surface area contributed by atoms with Gasteiger partial charge < -0.3 is 5.73 Å². The molecule has 2 heterocycles. The van der Waals surface area contributed by atoms with Crippen LogP contribution >= 0.6 is 27.3 Å². The van der Waals surface area contributed by atoms with Gasteiger partial charge in [-0.2, -0.15) is 0 Å². The third-order valence-corrected chi connectivity index (χ3v) is 5.72. The lowest BCUT2D eigenvalue weighted by Gasteiger charge is -2.06. The second kappa shape index (κ2) is 5.75. The molecule has 0 unspecified atom stereocenters. The fourth-order valence-corrected chi connectivity index (χ4v) is 4.47. The molecule has 0 aliphatic carbocycles. The average Bonchev–Trinajstić information content (AvgIpc) is 2.83. The van der Waals surface area contributed by atoms with Crippen LogP contribution < -0.4 is 5.73 Å². The van der Waals surface area contributed by atoms with Gasteiger partial charge in [0.2, 0.25) is 0 Å². The van der Waals surface area contributed by atoms with Gasteiger partial charge in [0.15, 0.2) is 0 Å². The zero-order valence-electron chi connectivity index (χ0n) is 10.7. The molecule has 0 atom stereocenters. The molecule has 7 heteroatoms. The molecule has 0 radical (unpaired) electrons. The van der Waals surface area contributed by atoms with Crippen molar-refractivity contribution in [2.24, 2.45) is 0 Å². The minimum Gasteiger partial charge on any atom is -0.383 e. The molecular weight excluding hydrogens is 372 g/mol. The van der Waals surface area contributed by atoms with Crippen molar-refractivity contribution in [3.63, 3.8) is 0 Å². The number of fused-ring (bicyclic) bond motifs is 1. The topological polar surface area (TPSA) is 73.0 Å². The van der Waals surface area contributed by atoms with Gasteiger partial charge in [0.05, 0.1) is 5.75 Å². The van der Waals surface area contributed by atoms with E-state index in [-0.39, 0.29) is 5.75 Å². The van der Waals surface area contributed by atoms with E-state index in [1.54, 1.807) is 17.5 Å². The molecule has 0 saturated carbocycles. The van der Waals surface area contributed by atoms with Crippen molar-refractivity contribution in [3.05, 3.63) is 45.9 Å². The van der Waals surface area contributed by atoms with Gasteiger partial charge in [-0.1, -0.05) is 24.3 Å². The maximum absolute atomic E-state index is 10.7. The number of nitrogen functional groups attached to an aromatic ring is 1. The van der Waals surface area contributed by atoms with Crippen LogP contribution in [0.5, 0.6) is 0 Å². The van der Waals surface area contributed by atoms with Gasteiger partial charge in [0, 0.05) is 31.7 Å². The maximum Gasteiger partial charge on any atom is 0.144 e. The van der Waals surface area contributed by atoms with Crippen LogP contribution in [0, 0.1) is 0 Å². The fourth-order valence-electron chi connectivity index (χ4n) is 2.18. The molecule has 0 aliphatic rings. The van der Waals surface area contributed by atoms with E-state index in [4.69, 9.17) is 5.73 Å². The molecule has 0 aliphatic heterocycles. The number of nitrogens with two attached hydrogens (primary N) is 1. The summed E-state index contributed by atoms with van der Waals surface area (Å²) in [5.41, 5.74) is 8.69. The second-order valence-electron chi connectivity index (χ2n) is 4.53. The van der Waals surface area contributed by atoms with Crippen molar-refractivity contribution in [3.8, 4) is 11.1 Å². The molecule has 21 heavy (non-hydrogen) atoms. The molecule has 1 aromatic carbocycles. The number of benzene rings is 1. The fraction of sp³-hybridized carbons (Fsp3) is 0.0714. The van der Waals surface area contributed by atoms with Crippen molar-refractivity contribution >= 4 is 53.9 Å². The van der Waals surface area contributed by atoms with Crippen LogP contribution in [0.1, 0.15) is 5.56 Å². The van der Waals surface area contributed by atoms with Crippen molar-refractivity contribution in [2.45, 2.75) is 5.75 Å². The quantitative estimate of drug-likeness (QED) is 0.680. The van der Waals surface area contributed by atoms with Crippen molar-refractivity contribution in [1.29, 1.82) is 0 Å². The van der Waals surface area contributed by atoms with Crippen molar-refractivity contribution in [1.82, 2.24) is 4.98 Å². The van der Waals surface area contributed by atoms with Crippen LogP contribution in [-0.4, -0.2) is 13.4 Å². The van der Waals surface area contributed by atoms with E-state index in [1.165, 1.54) is 0 Å². The Balaban J connectivity index is 2.10. The smallest absolute Gasteiger partial charge is 0.144 e. The zero-order valence-corrected chi connectivity index (χ0v) is 14.0. The largest absolute Gasteiger partial charge is 0.383 e. The summed E-state index contributed by atoms with van der Waals surface area (Å²) in [7, 11) is -2.40. The summed E-state index contributed by atoms with van der Waals surface area (Å²) in [4.78, 5) is 4.25. The number of nitrogens with zero attached hydrogens (tertiary/aromatic N) is 1. The summed E-state index contributed by atoms with van der Waals surface area (Å²) in [6.45, 7) is 0. The Morgan fingerprint density at radius 1 is 1.24 bits per heavy atom. The van der Waals surface area contributed by atoms with E-state index in [1.807, 2.05) is 29.6 Å². The molecule has 2 aromatic heterocycles. The number of aromatic nitrogens is 1. The van der Waals surface area contributed by atoms with Crippen molar-refractivity contribution in [2.75, 3.05) is 5.73 Å². The van der Waals surface area contributed by atoms with E-state index in [9.17, 15) is 8.42 Å². The number of hydrogen-bond donors (Lipinski definition) is 2. The van der Waals surface area contributed by atoms with Crippen LogP contribution in [-0.2, 0) is 16.5 Å². The number of rotatable bonds is 3. The first-order chi connectivity index (χ1) is 10.1. The van der Waals surface area contributed by atoms with Gasteiger partial charge in [-0.25, -0.2) is 13.4 Å². The summed E-state index contributed by atoms with van der Waals surface area (Å²) in [6, 6.07) is 7.47. The Kier molecular flexibility index (Phi) is 3.97. The Bertz CT molecular complexity index is 878. The molecule has 108 valence electrons. The molecule has 3 aromatic rings. The molecule has 2 N–H and O–H groups in total. The SMILES string of the molecule is Nc1ncc(-c2ccc(C[SH](=O)=O)cc2)c2scc(Br)c12. The van der Waals surface area contributed by atoms with Gasteiger partial charge in [-0.05, 0) is 27.1 Å². The van der Waals surface area contributed by atoms with Crippen molar-refractivity contribution < 1.29 is 8.42 Å². The highest BCUT2D eigenvalue weighted by atomic mass is 79.9. The first kappa shape index (κ1) is 14.5. The molecule has 0 bridgehead atoms. The first-order valence-electron chi connectivity index (χ1n) is 6.08. The van der Waals surface area contributed by atoms with Gasteiger partial charge in [0.25, 0.3) is 0 Å². The summed E-state index contributed by atoms with van der Waals surface area (Å²) in [5, 5.41) is 2.91. The lowest BCUT2D eigenvalue weighted by atomic mass is 10.0. The minimum absolute atomic E-state index is 0.0650. The Hall–Kier alpha value is -1.44. The molecule has 0 fully saturated rings. The van der Waals surface area contributed by atoms with Gasteiger partial charge in [-0.15, -0.1) is 11.3 Å². The molecule has 3 rings (SSSR count). The highest BCUT2D eigenvalue weighted by Crippen LogP contribution is 2.39. The average molecular weight is 383 g/mol. The number of pyridine rings is 1. The first-order valence-corrected chi connectivity index (χ1v) is 9.12. The normalized spacial score (nSPS) is 11.3. The zero-order chi connectivity index (χ0) is 15.0. The third kappa shape index (κ3) is 2.81. The van der Waals surface area contributed by atoms with Gasteiger partial charge >= 0.3 is 0 Å². The van der Waals surface area contributed by atoms with Crippen LogP contribution in [0.2, 0.25) is 0 Å². The highest BCUT2D eigenvalue weighted by Gasteiger charge is 2.12. The number of halogens is 1. The molecule has 4 nitrogen and oxygen atoms in total. The molecule has 0 spiro atoms. The number of thiol groups is 1. The monoisotopic (exact) mass is 382 g/mol. The Morgan fingerprint density at radius 3 is 2.62 bits per heavy atom. The van der Waals surface area contributed by atoms with Crippen LogP contribution in [0.4, 0.5) is 5.82 Å². The Labute approximate surface area is 135 Å². The number of thiophene rings is 1. The van der Waals surface area contributed by atoms with Crippen LogP contribution in [0.25, 0.3) is 21.2 Å². The third-order valence-electron chi connectivity index (χ3n) is 3.16. The second-order valence-corrected chi connectivity index (χ2v) is 7.25. The highest BCUT2D eigenvalue weighted by molar-refractivity contribution is 9.10. The van der Waals surface area contributed by atoms with E-state index in [0.29, 0.717) is 5.82 Å². The molecular formula is C14H11BrN2O2S2. The lowest BCUT2D eigenvalue weighted by Crippen LogP contribution is -1.92. The number of anilines is 1. The van der Waals surface area contributed by atoms with E-state index in [0.717, 1.165) is 31.2 Å². The minimum atomic E-state index is -2.40. The molecule has 0 saturated heterocycles. The van der Waals surface area contributed by atoms with Gasteiger partial charge in [-0.3, -0.25) is 0 Å². The molecule has 0 amide bonds. The predicted octanol–water partition coefficient (Wildman–Crippen LogP) is 3.42.